The molecule has 0 spiro atoms. The van der Waals surface area contributed by atoms with Crippen molar-refractivity contribution in [2.45, 2.75) is 6.54 Å². The fraction of sp³-hybridized carbons (Fsp3) is 0.0233. The first-order chi connectivity index (χ1) is 23.3. The monoisotopic (exact) mass is 619 g/mol. The van der Waals surface area contributed by atoms with Crippen molar-refractivity contribution in [1.29, 1.82) is 0 Å². The second-order valence-electron chi connectivity index (χ2n) is 11.9. The Morgan fingerprint density at radius 3 is 2.15 bits per heavy atom. The van der Waals surface area contributed by atoms with Crippen molar-refractivity contribution in [3.63, 3.8) is 0 Å². The van der Waals surface area contributed by atoms with Gasteiger partial charge in [0.1, 0.15) is 0 Å². The zero-order chi connectivity index (χ0) is 31.3. The summed E-state index contributed by atoms with van der Waals surface area (Å²) < 4.78 is 4.71. The highest BCUT2D eigenvalue weighted by Gasteiger charge is 2.20. The molecule has 4 heteroatoms. The van der Waals surface area contributed by atoms with E-state index in [1.807, 2.05) is 29.5 Å². The van der Waals surface area contributed by atoms with Crippen LogP contribution in [0, 0.1) is 0 Å². The van der Waals surface area contributed by atoms with Gasteiger partial charge in [-0.25, -0.2) is 9.98 Å². The Labute approximate surface area is 276 Å². The van der Waals surface area contributed by atoms with Crippen LogP contribution in [0.3, 0.4) is 0 Å². The summed E-state index contributed by atoms with van der Waals surface area (Å²) in [5, 5.41) is 7.33. The Bertz CT molecular complexity index is 2660. The maximum Gasteiger partial charge on any atom is 0.229 e. The molecule has 0 unspecified atom stereocenters. The van der Waals surface area contributed by atoms with Gasteiger partial charge in [-0.2, -0.15) is 0 Å². The van der Waals surface area contributed by atoms with Gasteiger partial charge in [-0.15, -0.1) is 11.3 Å². The molecule has 9 aromatic rings. The normalized spacial score (nSPS) is 12.1. The van der Waals surface area contributed by atoms with E-state index >= 15 is 0 Å². The average Bonchev–Trinajstić information content (AvgIpc) is 3.68. The molecule has 0 fully saturated rings. The van der Waals surface area contributed by atoms with Gasteiger partial charge in [0.05, 0.1) is 22.3 Å². The summed E-state index contributed by atoms with van der Waals surface area (Å²) in [5.41, 5.74) is 8.17. The van der Waals surface area contributed by atoms with E-state index in [-0.39, 0.29) is 0 Å². The summed E-state index contributed by atoms with van der Waals surface area (Å²) in [6.45, 7) is 4.53. The maximum atomic E-state index is 5.05. The van der Waals surface area contributed by atoms with E-state index in [0.29, 0.717) is 12.5 Å². The predicted molar refractivity (Wildman–Crippen MR) is 203 cm³/mol. The van der Waals surface area contributed by atoms with Crippen LogP contribution in [0.15, 0.2) is 162 Å². The minimum atomic E-state index is 0.521. The van der Waals surface area contributed by atoms with E-state index in [0.717, 1.165) is 16.6 Å². The average molecular weight is 620 g/mol. The second kappa shape index (κ2) is 11.2. The standard InChI is InChI=1S/C43H29N3S/c1-44-43(45-27-28-11-4-2-5-12-28)46-39-23-19-32(34-18-10-16-30-15-8-9-17-33(30)34)26-37(39)35-21-22-36-38-25-31(29-13-6-3-7-14-29)20-24-40(38)47-42(36)41(35)46/h2-26H,1,27H2. The molecule has 0 aliphatic rings. The summed E-state index contributed by atoms with van der Waals surface area (Å²) in [4.78, 5) is 9.60. The molecule has 0 bridgehead atoms. The number of nitrogens with zero attached hydrogens (tertiary/aromatic N) is 3. The highest BCUT2D eigenvalue weighted by atomic mass is 32.1. The van der Waals surface area contributed by atoms with Crippen LogP contribution in [0.25, 0.3) is 75.0 Å². The van der Waals surface area contributed by atoms with Gasteiger partial charge >= 0.3 is 0 Å². The van der Waals surface area contributed by atoms with E-state index in [1.165, 1.54) is 64.0 Å². The van der Waals surface area contributed by atoms with E-state index in [1.54, 1.807) is 0 Å². The first kappa shape index (κ1) is 27.5. The Kier molecular flexibility index (Phi) is 6.54. The zero-order valence-electron chi connectivity index (χ0n) is 25.6. The van der Waals surface area contributed by atoms with Crippen molar-refractivity contribution in [3.05, 3.63) is 157 Å². The molecule has 2 aromatic heterocycles. The molecular formula is C43H29N3S. The summed E-state index contributed by atoms with van der Waals surface area (Å²) >= 11 is 1.83. The number of aliphatic imine (C=N–C) groups is 2. The molecular weight excluding hydrogens is 591 g/mol. The van der Waals surface area contributed by atoms with Crippen LogP contribution in [0.2, 0.25) is 0 Å². The number of hydrogen-bond donors (Lipinski definition) is 0. The largest absolute Gasteiger partial charge is 0.277 e. The smallest absolute Gasteiger partial charge is 0.229 e. The molecule has 0 aliphatic carbocycles. The van der Waals surface area contributed by atoms with Gasteiger partial charge < -0.3 is 0 Å². The Balaban J connectivity index is 1.33. The molecule has 47 heavy (non-hydrogen) atoms. The lowest BCUT2D eigenvalue weighted by molar-refractivity contribution is 1.03. The van der Waals surface area contributed by atoms with Crippen LogP contribution in [-0.4, -0.2) is 17.2 Å². The molecule has 9 rings (SSSR count). The molecule has 0 amide bonds. The Morgan fingerprint density at radius 2 is 1.30 bits per heavy atom. The van der Waals surface area contributed by atoms with Crippen LogP contribution in [0.5, 0.6) is 0 Å². The van der Waals surface area contributed by atoms with E-state index in [4.69, 9.17) is 4.99 Å². The Morgan fingerprint density at radius 1 is 0.574 bits per heavy atom. The molecule has 3 nitrogen and oxygen atoms in total. The minimum Gasteiger partial charge on any atom is -0.277 e. The van der Waals surface area contributed by atoms with Gasteiger partial charge in [-0.3, -0.25) is 4.57 Å². The number of rotatable bonds is 4. The fourth-order valence-electron chi connectivity index (χ4n) is 6.93. The number of thiophene rings is 1. The van der Waals surface area contributed by atoms with Crippen LogP contribution in [0.1, 0.15) is 5.56 Å². The van der Waals surface area contributed by atoms with Gasteiger partial charge in [0.15, 0.2) is 0 Å². The number of benzene rings is 7. The van der Waals surface area contributed by atoms with E-state index in [2.05, 4.69) is 150 Å². The summed E-state index contributed by atoms with van der Waals surface area (Å²) in [5.74, 6) is 0.599. The zero-order valence-corrected chi connectivity index (χ0v) is 26.4. The lowest BCUT2D eigenvalue weighted by atomic mass is 9.97. The molecule has 7 aromatic carbocycles. The van der Waals surface area contributed by atoms with Crippen molar-refractivity contribution in [3.8, 4) is 22.3 Å². The molecule has 0 saturated heterocycles. The first-order valence-electron chi connectivity index (χ1n) is 15.8. The highest BCUT2D eigenvalue weighted by Crippen LogP contribution is 2.44. The molecule has 0 aliphatic heterocycles. The topological polar surface area (TPSA) is 29.6 Å². The molecule has 0 N–H and O–H groups in total. The van der Waals surface area contributed by atoms with Gasteiger partial charge in [0.2, 0.25) is 5.96 Å². The van der Waals surface area contributed by atoms with Crippen molar-refractivity contribution in [1.82, 2.24) is 4.57 Å². The first-order valence-corrected chi connectivity index (χ1v) is 16.6. The van der Waals surface area contributed by atoms with Crippen molar-refractivity contribution in [2.75, 3.05) is 0 Å². The fourth-order valence-corrected chi connectivity index (χ4v) is 8.15. The van der Waals surface area contributed by atoms with Crippen LogP contribution in [-0.2, 0) is 6.54 Å². The SMILES string of the molecule is C=NC(=NCc1ccccc1)n1c2ccc(-c3cccc4ccccc34)cc2c2ccc3c4cc(-c5ccccc5)ccc4sc3c21. The summed E-state index contributed by atoms with van der Waals surface area (Å²) in [6, 6.07) is 54.2. The maximum absolute atomic E-state index is 5.05. The lowest BCUT2D eigenvalue weighted by Crippen LogP contribution is -2.09. The summed E-state index contributed by atoms with van der Waals surface area (Å²) in [7, 11) is 0. The highest BCUT2D eigenvalue weighted by molar-refractivity contribution is 7.26. The van der Waals surface area contributed by atoms with Crippen LogP contribution >= 0.6 is 11.3 Å². The third kappa shape index (κ3) is 4.57. The van der Waals surface area contributed by atoms with Crippen molar-refractivity contribution < 1.29 is 0 Å². The molecule has 0 atom stereocenters. The third-order valence-corrected chi connectivity index (χ3v) is 10.4. The minimum absolute atomic E-state index is 0.521. The van der Waals surface area contributed by atoms with Crippen LogP contribution < -0.4 is 0 Å². The van der Waals surface area contributed by atoms with Crippen molar-refractivity contribution >= 4 is 76.8 Å². The molecule has 2 heterocycles. The van der Waals surface area contributed by atoms with Gasteiger partial charge in [-0.1, -0.05) is 127 Å². The molecule has 222 valence electrons. The number of fused-ring (bicyclic) bond motifs is 8. The number of hydrogen-bond acceptors (Lipinski definition) is 2. The van der Waals surface area contributed by atoms with E-state index < -0.39 is 0 Å². The van der Waals surface area contributed by atoms with Gasteiger partial charge in [0, 0.05) is 26.2 Å². The quantitative estimate of drug-likeness (QED) is 0.139. The Hall–Kier alpha value is -5.84. The predicted octanol–water partition coefficient (Wildman–Crippen LogP) is 11.8. The van der Waals surface area contributed by atoms with Crippen molar-refractivity contribution in [2.24, 2.45) is 9.98 Å². The molecule has 0 saturated carbocycles. The third-order valence-electron chi connectivity index (χ3n) is 9.16. The van der Waals surface area contributed by atoms with Gasteiger partial charge in [0.25, 0.3) is 0 Å². The van der Waals surface area contributed by atoms with Gasteiger partial charge in [-0.05, 0) is 69.6 Å². The molecule has 0 radical (unpaired) electrons. The lowest BCUT2D eigenvalue weighted by Gasteiger charge is -2.09. The second-order valence-corrected chi connectivity index (χ2v) is 12.9. The van der Waals surface area contributed by atoms with E-state index in [9.17, 15) is 0 Å². The van der Waals surface area contributed by atoms with Crippen LogP contribution in [0.4, 0.5) is 0 Å². The summed E-state index contributed by atoms with van der Waals surface area (Å²) in [6.07, 6.45) is 0. The number of aromatic nitrogens is 1.